The molecule has 3 nitrogen and oxygen atoms in total. The fourth-order valence-electron chi connectivity index (χ4n) is 2.48. The predicted molar refractivity (Wildman–Crippen MR) is 75.8 cm³/mol. The van der Waals surface area contributed by atoms with E-state index in [1.54, 1.807) is 11.3 Å². The van der Waals surface area contributed by atoms with Crippen LogP contribution in [-0.2, 0) is 4.79 Å². The van der Waals surface area contributed by atoms with Gasteiger partial charge < -0.3 is 10.6 Å². The van der Waals surface area contributed by atoms with Crippen molar-refractivity contribution in [3.8, 4) is 0 Å². The van der Waals surface area contributed by atoms with Crippen LogP contribution < -0.4 is 10.6 Å². The number of thiophene rings is 1. The minimum absolute atomic E-state index is 0.113. The van der Waals surface area contributed by atoms with Gasteiger partial charge in [-0.1, -0.05) is 25.8 Å². The molecular weight excluding hydrogens is 244 g/mol. The molecule has 0 saturated heterocycles. The highest BCUT2D eigenvalue weighted by Crippen LogP contribution is 2.21. The first-order chi connectivity index (χ1) is 8.79. The summed E-state index contributed by atoms with van der Waals surface area (Å²) in [5.41, 5.74) is 0. The Balaban J connectivity index is 1.75. The van der Waals surface area contributed by atoms with E-state index in [-0.39, 0.29) is 11.9 Å². The van der Waals surface area contributed by atoms with Crippen LogP contribution in [0.25, 0.3) is 0 Å². The fraction of sp³-hybridized carbons (Fsp3) is 0.643. The molecule has 1 amide bonds. The van der Waals surface area contributed by atoms with Gasteiger partial charge in [0, 0.05) is 10.9 Å². The first kappa shape index (κ1) is 13.6. The number of rotatable bonds is 6. The third-order valence-corrected chi connectivity index (χ3v) is 4.52. The van der Waals surface area contributed by atoms with Gasteiger partial charge in [0.2, 0.25) is 5.91 Å². The predicted octanol–water partition coefficient (Wildman–Crippen LogP) is 2.85. The second kappa shape index (κ2) is 6.90. The summed E-state index contributed by atoms with van der Waals surface area (Å²) in [4.78, 5) is 13.1. The summed E-state index contributed by atoms with van der Waals surface area (Å²) in [6.07, 6.45) is 5.97. The number of amides is 1. The van der Waals surface area contributed by atoms with E-state index in [0.29, 0.717) is 12.6 Å². The molecule has 1 aliphatic carbocycles. The SMILES string of the molecule is CCC(NC(=O)CNC1CCCC1)c1cccs1. The van der Waals surface area contributed by atoms with Gasteiger partial charge in [-0.15, -0.1) is 11.3 Å². The molecular formula is C14H22N2OS. The van der Waals surface area contributed by atoms with Crippen molar-refractivity contribution in [3.63, 3.8) is 0 Å². The van der Waals surface area contributed by atoms with Gasteiger partial charge >= 0.3 is 0 Å². The van der Waals surface area contributed by atoms with E-state index in [2.05, 4.69) is 29.0 Å². The highest BCUT2D eigenvalue weighted by atomic mass is 32.1. The molecule has 0 aliphatic heterocycles. The summed E-state index contributed by atoms with van der Waals surface area (Å²) in [7, 11) is 0. The molecule has 0 spiro atoms. The zero-order valence-electron chi connectivity index (χ0n) is 10.9. The van der Waals surface area contributed by atoms with Gasteiger partial charge in [-0.2, -0.15) is 0 Å². The van der Waals surface area contributed by atoms with Crippen LogP contribution >= 0.6 is 11.3 Å². The van der Waals surface area contributed by atoms with E-state index in [1.165, 1.54) is 30.6 Å². The van der Waals surface area contributed by atoms with Gasteiger partial charge in [-0.3, -0.25) is 4.79 Å². The highest BCUT2D eigenvalue weighted by molar-refractivity contribution is 7.10. The Kier molecular flexibility index (Phi) is 5.20. The van der Waals surface area contributed by atoms with Gasteiger partial charge in [-0.25, -0.2) is 0 Å². The number of nitrogens with one attached hydrogen (secondary N) is 2. The quantitative estimate of drug-likeness (QED) is 0.831. The van der Waals surface area contributed by atoms with Crippen molar-refractivity contribution < 1.29 is 4.79 Å². The van der Waals surface area contributed by atoms with E-state index < -0.39 is 0 Å². The minimum atomic E-state index is 0.113. The van der Waals surface area contributed by atoms with Crippen LogP contribution in [0, 0.1) is 0 Å². The zero-order valence-corrected chi connectivity index (χ0v) is 11.8. The molecule has 1 heterocycles. The van der Waals surface area contributed by atoms with Crippen molar-refractivity contribution in [2.45, 2.75) is 51.1 Å². The summed E-state index contributed by atoms with van der Waals surface area (Å²) in [5.74, 6) is 0.113. The van der Waals surface area contributed by atoms with Crippen molar-refractivity contribution in [2.24, 2.45) is 0 Å². The topological polar surface area (TPSA) is 41.1 Å². The number of hydrogen-bond donors (Lipinski definition) is 2. The maximum Gasteiger partial charge on any atom is 0.234 e. The van der Waals surface area contributed by atoms with Crippen molar-refractivity contribution in [2.75, 3.05) is 6.54 Å². The standard InChI is InChI=1S/C14H22N2OS/c1-2-12(13-8-5-9-18-13)16-14(17)10-15-11-6-3-4-7-11/h5,8-9,11-12,15H,2-4,6-7,10H2,1H3,(H,16,17). The second-order valence-electron chi connectivity index (χ2n) is 4.91. The largest absolute Gasteiger partial charge is 0.347 e. The first-order valence-corrected chi connectivity index (χ1v) is 7.73. The third kappa shape index (κ3) is 3.82. The molecule has 2 N–H and O–H groups in total. The van der Waals surface area contributed by atoms with Crippen LogP contribution in [0.1, 0.15) is 49.9 Å². The monoisotopic (exact) mass is 266 g/mol. The fourth-order valence-corrected chi connectivity index (χ4v) is 3.34. The van der Waals surface area contributed by atoms with Gasteiger partial charge in [0.15, 0.2) is 0 Å². The molecule has 1 aromatic heterocycles. The summed E-state index contributed by atoms with van der Waals surface area (Å²) in [6, 6.07) is 4.84. The Bertz CT molecular complexity index is 358. The van der Waals surface area contributed by atoms with E-state index >= 15 is 0 Å². The van der Waals surface area contributed by atoms with E-state index in [0.717, 1.165) is 6.42 Å². The summed E-state index contributed by atoms with van der Waals surface area (Å²) in [5, 5.41) is 8.51. The van der Waals surface area contributed by atoms with Crippen molar-refractivity contribution in [3.05, 3.63) is 22.4 Å². The van der Waals surface area contributed by atoms with Gasteiger partial charge in [0.1, 0.15) is 0 Å². The lowest BCUT2D eigenvalue weighted by Crippen LogP contribution is -2.39. The van der Waals surface area contributed by atoms with Crippen molar-refractivity contribution in [1.82, 2.24) is 10.6 Å². The van der Waals surface area contributed by atoms with Crippen LogP contribution in [-0.4, -0.2) is 18.5 Å². The normalized spacial score (nSPS) is 17.8. The van der Waals surface area contributed by atoms with Crippen LogP contribution in [0.2, 0.25) is 0 Å². The molecule has 100 valence electrons. The lowest BCUT2D eigenvalue weighted by molar-refractivity contribution is -0.121. The van der Waals surface area contributed by atoms with Gasteiger partial charge in [0.25, 0.3) is 0 Å². The van der Waals surface area contributed by atoms with Crippen LogP contribution in [0.5, 0.6) is 0 Å². The minimum Gasteiger partial charge on any atom is -0.347 e. The molecule has 1 saturated carbocycles. The molecule has 0 radical (unpaired) electrons. The molecule has 18 heavy (non-hydrogen) atoms. The summed E-state index contributed by atoms with van der Waals surface area (Å²) in [6.45, 7) is 2.56. The van der Waals surface area contributed by atoms with Crippen molar-refractivity contribution in [1.29, 1.82) is 0 Å². The number of carbonyl (C=O) groups excluding carboxylic acids is 1. The Hall–Kier alpha value is -0.870. The summed E-state index contributed by atoms with van der Waals surface area (Å²) < 4.78 is 0. The molecule has 1 unspecified atom stereocenters. The Morgan fingerprint density at radius 3 is 2.89 bits per heavy atom. The first-order valence-electron chi connectivity index (χ1n) is 6.85. The molecule has 1 aliphatic rings. The third-order valence-electron chi connectivity index (χ3n) is 3.54. The van der Waals surface area contributed by atoms with E-state index in [9.17, 15) is 4.79 Å². The van der Waals surface area contributed by atoms with Gasteiger partial charge in [-0.05, 0) is 30.7 Å². The second-order valence-corrected chi connectivity index (χ2v) is 5.89. The Morgan fingerprint density at radius 1 is 1.50 bits per heavy atom. The maximum atomic E-state index is 11.9. The van der Waals surface area contributed by atoms with Crippen molar-refractivity contribution >= 4 is 17.2 Å². The Labute approximate surface area is 113 Å². The zero-order chi connectivity index (χ0) is 12.8. The highest BCUT2D eigenvalue weighted by Gasteiger charge is 2.17. The molecule has 2 rings (SSSR count). The lowest BCUT2D eigenvalue weighted by Gasteiger charge is -2.17. The average Bonchev–Trinajstić information content (AvgIpc) is 3.05. The summed E-state index contributed by atoms with van der Waals surface area (Å²) >= 11 is 1.71. The van der Waals surface area contributed by atoms with E-state index in [1.807, 2.05) is 6.07 Å². The van der Waals surface area contributed by atoms with Gasteiger partial charge in [0.05, 0.1) is 12.6 Å². The smallest absolute Gasteiger partial charge is 0.234 e. The van der Waals surface area contributed by atoms with Crippen LogP contribution in [0.4, 0.5) is 0 Å². The maximum absolute atomic E-state index is 11.9. The molecule has 1 fully saturated rings. The molecule has 0 bridgehead atoms. The molecule has 1 aromatic rings. The lowest BCUT2D eigenvalue weighted by atomic mass is 10.2. The molecule has 0 aromatic carbocycles. The van der Waals surface area contributed by atoms with E-state index in [4.69, 9.17) is 0 Å². The average molecular weight is 266 g/mol. The Morgan fingerprint density at radius 2 is 2.28 bits per heavy atom. The van der Waals surface area contributed by atoms with Crippen LogP contribution in [0.15, 0.2) is 17.5 Å². The number of hydrogen-bond acceptors (Lipinski definition) is 3. The van der Waals surface area contributed by atoms with Crippen LogP contribution in [0.3, 0.4) is 0 Å². The molecule has 1 atom stereocenters. The number of carbonyl (C=O) groups is 1. The molecule has 4 heteroatoms.